The number of nitrogens with one attached hydrogen (secondary N) is 1. The summed E-state index contributed by atoms with van der Waals surface area (Å²) in [4.78, 5) is 15.8. The molecule has 0 saturated carbocycles. The molecule has 3 rings (SSSR count). The highest BCUT2D eigenvalue weighted by Gasteiger charge is 2.22. The third kappa shape index (κ3) is 2.55. The van der Waals surface area contributed by atoms with E-state index in [1.54, 1.807) is 13.8 Å². The quantitative estimate of drug-likeness (QED) is 0.854. The number of hydrogen-bond donors (Lipinski definition) is 2. The van der Waals surface area contributed by atoms with Gasteiger partial charge >= 0.3 is 0 Å². The molecule has 5 heteroatoms. The van der Waals surface area contributed by atoms with Gasteiger partial charge in [-0.1, -0.05) is 24.3 Å². The number of aliphatic imine (C=N–C) groups is 1. The van der Waals surface area contributed by atoms with Gasteiger partial charge in [0.15, 0.2) is 6.29 Å². The molecule has 1 aliphatic heterocycles. The van der Waals surface area contributed by atoms with Crippen LogP contribution in [0.25, 0.3) is 0 Å². The summed E-state index contributed by atoms with van der Waals surface area (Å²) in [5.41, 5.74) is 5.94. The third-order valence-corrected chi connectivity index (χ3v) is 3.78. The van der Waals surface area contributed by atoms with Crippen molar-refractivity contribution in [3.63, 3.8) is 0 Å². The molecule has 1 aromatic heterocycles. The van der Waals surface area contributed by atoms with E-state index in [0.29, 0.717) is 5.84 Å². The van der Waals surface area contributed by atoms with Crippen LogP contribution in [0.5, 0.6) is 0 Å². The minimum absolute atomic E-state index is 0.501. The topological polar surface area (TPSA) is 66.6 Å². The molecule has 1 aliphatic rings. The van der Waals surface area contributed by atoms with Gasteiger partial charge in [-0.05, 0) is 38.0 Å². The van der Waals surface area contributed by atoms with E-state index in [4.69, 9.17) is 0 Å². The summed E-state index contributed by atoms with van der Waals surface area (Å²) in [6, 6.07) is 8.96. The highest BCUT2D eigenvalue weighted by atomic mass is 16.3. The highest BCUT2D eigenvalue weighted by molar-refractivity contribution is 6.05. The van der Waals surface area contributed by atoms with Crippen LogP contribution in [0.15, 0.2) is 41.5 Å². The van der Waals surface area contributed by atoms with E-state index in [-0.39, 0.29) is 0 Å². The first-order chi connectivity index (χ1) is 10.4. The molecule has 5 nitrogen and oxygen atoms in total. The van der Waals surface area contributed by atoms with Crippen LogP contribution in [0.1, 0.15) is 42.3 Å². The second-order valence-corrected chi connectivity index (χ2v) is 6.12. The number of aryl methyl sites for hydroxylation is 1. The molecular formula is C17H19N3O2. The van der Waals surface area contributed by atoms with E-state index in [1.807, 2.05) is 48.1 Å². The fraction of sp³-hybridized carbons (Fsp3) is 0.294. The van der Waals surface area contributed by atoms with Crippen molar-refractivity contribution in [3.05, 3.63) is 58.9 Å². The molecule has 2 aromatic rings. The molecule has 0 fully saturated rings. The molecule has 0 bridgehead atoms. The number of nitrogens with zero attached hydrogens (tertiary/aromatic N) is 2. The Morgan fingerprint density at radius 3 is 2.59 bits per heavy atom. The Kier molecular flexibility index (Phi) is 3.37. The molecule has 1 aromatic carbocycles. The van der Waals surface area contributed by atoms with Gasteiger partial charge in [0.05, 0.1) is 11.3 Å². The zero-order valence-electron chi connectivity index (χ0n) is 12.9. The van der Waals surface area contributed by atoms with E-state index in [9.17, 15) is 9.90 Å². The lowest BCUT2D eigenvalue weighted by atomic mass is 9.97. The number of fused-ring (bicyclic) bond motifs is 1. The van der Waals surface area contributed by atoms with Crippen molar-refractivity contribution in [2.75, 3.05) is 5.43 Å². The summed E-state index contributed by atoms with van der Waals surface area (Å²) in [5.74, 6) is 0.641. The van der Waals surface area contributed by atoms with Crippen LogP contribution in [0, 0.1) is 6.92 Å². The fourth-order valence-electron chi connectivity index (χ4n) is 2.57. The second-order valence-electron chi connectivity index (χ2n) is 6.12. The largest absolute Gasteiger partial charge is 0.386 e. The van der Waals surface area contributed by atoms with Gasteiger partial charge in [0.2, 0.25) is 0 Å². The van der Waals surface area contributed by atoms with E-state index >= 15 is 0 Å². The lowest BCUT2D eigenvalue weighted by molar-refractivity contribution is -0.109. The number of hydrogen-bond acceptors (Lipinski definition) is 4. The number of carbonyl (C=O) groups excluding carboxylic acids is 1. The van der Waals surface area contributed by atoms with Gasteiger partial charge in [0.25, 0.3) is 0 Å². The average molecular weight is 297 g/mol. The Labute approximate surface area is 129 Å². The zero-order valence-corrected chi connectivity index (χ0v) is 12.9. The molecule has 0 radical (unpaired) electrons. The summed E-state index contributed by atoms with van der Waals surface area (Å²) in [6.07, 6.45) is 2.78. The Morgan fingerprint density at radius 1 is 1.32 bits per heavy atom. The Balaban J connectivity index is 1.95. The number of aromatic nitrogens is 1. The fourth-order valence-corrected chi connectivity index (χ4v) is 2.57. The predicted octanol–water partition coefficient (Wildman–Crippen LogP) is 2.27. The highest BCUT2D eigenvalue weighted by Crippen LogP contribution is 2.24. The number of carbonyl (C=O) groups is 1. The number of benzene rings is 1. The molecular weight excluding hydrogens is 278 g/mol. The molecule has 114 valence electrons. The molecule has 1 unspecified atom stereocenters. The monoisotopic (exact) mass is 297 g/mol. The Morgan fingerprint density at radius 2 is 2.00 bits per heavy atom. The normalized spacial score (nSPS) is 17.5. The van der Waals surface area contributed by atoms with Gasteiger partial charge in [-0.15, -0.1) is 0 Å². The molecule has 22 heavy (non-hydrogen) atoms. The third-order valence-electron chi connectivity index (χ3n) is 3.78. The Bertz CT molecular complexity index is 736. The first-order valence-electron chi connectivity index (χ1n) is 7.21. The van der Waals surface area contributed by atoms with Crippen molar-refractivity contribution >= 4 is 12.1 Å². The van der Waals surface area contributed by atoms with Gasteiger partial charge in [-0.2, -0.15) is 0 Å². The first kappa shape index (κ1) is 14.5. The standard InChI is InChI=1S/C17H19N3O2/c1-11-8-15-14(10-21)18-16(19-20(15)9-11)12-4-6-13(7-5-12)17(2,3)22/h4-10,14,22H,1-3H3,(H,18,19). The minimum Gasteiger partial charge on any atom is -0.386 e. The molecule has 0 amide bonds. The number of rotatable bonds is 3. The van der Waals surface area contributed by atoms with Gasteiger partial charge in [-0.3, -0.25) is 10.1 Å². The van der Waals surface area contributed by atoms with Crippen molar-refractivity contribution in [1.29, 1.82) is 0 Å². The first-order valence-corrected chi connectivity index (χ1v) is 7.21. The van der Waals surface area contributed by atoms with E-state index < -0.39 is 11.6 Å². The van der Waals surface area contributed by atoms with E-state index in [2.05, 4.69) is 10.4 Å². The van der Waals surface area contributed by atoms with Gasteiger partial charge in [0.1, 0.15) is 11.9 Å². The maximum absolute atomic E-state index is 11.3. The van der Waals surface area contributed by atoms with Gasteiger partial charge < -0.3 is 9.90 Å². The van der Waals surface area contributed by atoms with Crippen LogP contribution in [0.2, 0.25) is 0 Å². The molecule has 1 atom stereocenters. The SMILES string of the molecule is Cc1cc2n(c1)NC(c1ccc(C(C)(C)O)cc1)=NC2C=O. The molecule has 0 aliphatic carbocycles. The van der Waals surface area contributed by atoms with Crippen molar-refractivity contribution in [3.8, 4) is 0 Å². The smallest absolute Gasteiger partial charge is 0.150 e. The van der Waals surface area contributed by atoms with Crippen LogP contribution in [-0.2, 0) is 10.4 Å². The second kappa shape index (κ2) is 5.10. The van der Waals surface area contributed by atoms with Crippen LogP contribution in [0.3, 0.4) is 0 Å². The van der Waals surface area contributed by atoms with Crippen LogP contribution in [-0.4, -0.2) is 21.9 Å². The summed E-state index contributed by atoms with van der Waals surface area (Å²) in [5, 5.41) is 10.0. The summed E-state index contributed by atoms with van der Waals surface area (Å²) < 4.78 is 1.83. The van der Waals surface area contributed by atoms with Gasteiger partial charge in [-0.25, -0.2) is 4.99 Å². The van der Waals surface area contributed by atoms with Crippen molar-refractivity contribution in [2.24, 2.45) is 4.99 Å². The van der Waals surface area contributed by atoms with E-state index in [0.717, 1.165) is 28.7 Å². The zero-order chi connectivity index (χ0) is 15.9. The summed E-state index contributed by atoms with van der Waals surface area (Å²) >= 11 is 0. The van der Waals surface area contributed by atoms with Crippen molar-refractivity contribution in [1.82, 2.24) is 4.68 Å². The lowest BCUT2D eigenvalue weighted by Gasteiger charge is -2.23. The van der Waals surface area contributed by atoms with Crippen LogP contribution >= 0.6 is 0 Å². The lowest BCUT2D eigenvalue weighted by Crippen LogP contribution is -2.31. The summed E-state index contributed by atoms with van der Waals surface area (Å²) in [6.45, 7) is 5.47. The molecule has 2 heterocycles. The number of aldehydes is 1. The van der Waals surface area contributed by atoms with Crippen LogP contribution in [0.4, 0.5) is 0 Å². The van der Waals surface area contributed by atoms with Crippen LogP contribution < -0.4 is 5.43 Å². The number of aliphatic hydroxyl groups is 1. The maximum Gasteiger partial charge on any atom is 0.150 e. The Hall–Kier alpha value is -2.40. The summed E-state index contributed by atoms with van der Waals surface area (Å²) in [7, 11) is 0. The van der Waals surface area contributed by atoms with E-state index in [1.165, 1.54) is 0 Å². The molecule has 0 spiro atoms. The minimum atomic E-state index is -0.879. The maximum atomic E-state index is 11.3. The molecule has 2 N–H and O–H groups in total. The predicted molar refractivity (Wildman–Crippen MR) is 85.6 cm³/mol. The van der Waals surface area contributed by atoms with Crippen molar-refractivity contribution < 1.29 is 9.90 Å². The van der Waals surface area contributed by atoms with Crippen molar-refractivity contribution in [2.45, 2.75) is 32.4 Å². The average Bonchev–Trinajstić information content (AvgIpc) is 2.85. The van der Waals surface area contributed by atoms with Gasteiger partial charge in [0, 0.05) is 11.8 Å². The molecule has 0 saturated heterocycles. The number of amidine groups is 1.